The van der Waals surface area contributed by atoms with Gasteiger partial charge in [-0.1, -0.05) is 0 Å². The number of carboxylic acids is 1. The minimum atomic E-state index is -1.11. The van der Waals surface area contributed by atoms with Gasteiger partial charge >= 0.3 is 5.97 Å². The highest BCUT2D eigenvalue weighted by molar-refractivity contribution is 5.69. The van der Waals surface area contributed by atoms with E-state index in [9.17, 15) is 13.6 Å². The molecule has 0 amide bonds. The molecule has 7 heteroatoms. The van der Waals surface area contributed by atoms with Crippen LogP contribution >= 0.6 is 0 Å². The Hall–Kier alpha value is -2.44. The van der Waals surface area contributed by atoms with Crippen LogP contribution in [-0.2, 0) is 11.2 Å². The SMILES string of the molecule is Cc1nc(CC(=O)O)nc(-c2cc(F)ccc2F)n1. The van der Waals surface area contributed by atoms with E-state index in [2.05, 4.69) is 15.0 Å². The molecule has 1 N–H and O–H groups in total. The van der Waals surface area contributed by atoms with Crippen molar-refractivity contribution in [1.82, 2.24) is 15.0 Å². The number of carbonyl (C=O) groups is 1. The molecule has 19 heavy (non-hydrogen) atoms. The summed E-state index contributed by atoms with van der Waals surface area (Å²) < 4.78 is 26.7. The van der Waals surface area contributed by atoms with Gasteiger partial charge in [-0.15, -0.1) is 0 Å². The molecule has 0 saturated carbocycles. The van der Waals surface area contributed by atoms with Crippen molar-refractivity contribution in [3.05, 3.63) is 41.5 Å². The number of halogens is 2. The number of aryl methyl sites for hydroxylation is 1. The molecule has 0 fully saturated rings. The summed E-state index contributed by atoms with van der Waals surface area (Å²) in [5.41, 5.74) is -0.128. The van der Waals surface area contributed by atoms with Crippen LogP contribution in [0.15, 0.2) is 18.2 Å². The molecule has 0 unspecified atom stereocenters. The van der Waals surface area contributed by atoms with Crippen LogP contribution in [0.25, 0.3) is 11.4 Å². The molecule has 2 aromatic rings. The van der Waals surface area contributed by atoms with Gasteiger partial charge in [-0.25, -0.2) is 23.7 Å². The second kappa shape index (κ2) is 5.05. The summed E-state index contributed by atoms with van der Waals surface area (Å²) in [6, 6.07) is 2.89. The van der Waals surface area contributed by atoms with Gasteiger partial charge in [-0.05, 0) is 25.1 Å². The summed E-state index contributed by atoms with van der Waals surface area (Å²) >= 11 is 0. The molecule has 0 atom stereocenters. The van der Waals surface area contributed by atoms with E-state index < -0.39 is 24.0 Å². The standard InChI is InChI=1S/C12H9F2N3O2/c1-6-15-10(5-11(18)19)17-12(16-6)8-4-7(13)2-3-9(8)14/h2-4H,5H2,1H3,(H,18,19). The molecule has 0 aliphatic carbocycles. The zero-order valence-electron chi connectivity index (χ0n) is 9.89. The number of benzene rings is 1. The average molecular weight is 265 g/mol. The maximum Gasteiger partial charge on any atom is 0.311 e. The number of rotatable bonds is 3. The van der Waals surface area contributed by atoms with Gasteiger partial charge in [-0.3, -0.25) is 4.79 Å². The molecule has 1 heterocycles. The highest BCUT2D eigenvalue weighted by Gasteiger charge is 2.13. The predicted octanol–water partition coefficient (Wildman–Crippen LogP) is 1.75. The third kappa shape index (κ3) is 3.06. The van der Waals surface area contributed by atoms with Crippen LogP contribution in [0.2, 0.25) is 0 Å². The lowest BCUT2D eigenvalue weighted by atomic mass is 10.2. The number of aliphatic carboxylic acids is 1. The first kappa shape index (κ1) is 13.0. The Morgan fingerprint density at radius 2 is 2.00 bits per heavy atom. The molecule has 1 aromatic heterocycles. The smallest absolute Gasteiger partial charge is 0.311 e. The second-order valence-corrected chi connectivity index (χ2v) is 3.82. The number of aromatic nitrogens is 3. The minimum absolute atomic E-state index is 0.00124. The van der Waals surface area contributed by atoms with Gasteiger partial charge in [0.1, 0.15) is 29.7 Å². The van der Waals surface area contributed by atoms with Gasteiger partial charge in [0.15, 0.2) is 5.82 Å². The van der Waals surface area contributed by atoms with E-state index in [1.54, 1.807) is 0 Å². The lowest BCUT2D eigenvalue weighted by Crippen LogP contribution is -2.09. The van der Waals surface area contributed by atoms with Crippen molar-refractivity contribution in [1.29, 1.82) is 0 Å². The topological polar surface area (TPSA) is 76.0 Å². The van der Waals surface area contributed by atoms with Crippen molar-refractivity contribution in [2.24, 2.45) is 0 Å². The summed E-state index contributed by atoms with van der Waals surface area (Å²) in [7, 11) is 0. The lowest BCUT2D eigenvalue weighted by molar-refractivity contribution is -0.136. The van der Waals surface area contributed by atoms with Crippen LogP contribution in [-0.4, -0.2) is 26.0 Å². The predicted molar refractivity (Wildman–Crippen MR) is 61.3 cm³/mol. The van der Waals surface area contributed by atoms with E-state index in [4.69, 9.17) is 5.11 Å². The Morgan fingerprint density at radius 3 is 2.68 bits per heavy atom. The van der Waals surface area contributed by atoms with E-state index >= 15 is 0 Å². The van der Waals surface area contributed by atoms with Gasteiger partial charge < -0.3 is 5.11 Å². The first-order valence-electron chi connectivity index (χ1n) is 5.34. The van der Waals surface area contributed by atoms with Gasteiger partial charge in [0.25, 0.3) is 0 Å². The molecule has 0 radical (unpaired) electrons. The Kier molecular flexibility index (Phi) is 3.46. The Bertz CT molecular complexity index is 647. The zero-order chi connectivity index (χ0) is 14.0. The van der Waals surface area contributed by atoms with E-state index in [1.807, 2.05) is 0 Å². The van der Waals surface area contributed by atoms with Crippen LogP contribution in [0.1, 0.15) is 11.6 Å². The van der Waals surface area contributed by atoms with Crippen LogP contribution in [0.5, 0.6) is 0 Å². The molecule has 1 aromatic carbocycles. The molecule has 0 spiro atoms. The van der Waals surface area contributed by atoms with Crippen molar-refractivity contribution < 1.29 is 18.7 Å². The largest absolute Gasteiger partial charge is 0.481 e. The van der Waals surface area contributed by atoms with Gasteiger partial charge in [-0.2, -0.15) is 0 Å². The van der Waals surface area contributed by atoms with Gasteiger partial charge in [0.2, 0.25) is 0 Å². The van der Waals surface area contributed by atoms with E-state index in [-0.39, 0.29) is 23.0 Å². The van der Waals surface area contributed by atoms with Crippen molar-refractivity contribution in [3.63, 3.8) is 0 Å². The summed E-state index contributed by atoms with van der Waals surface area (Å²) in [5.74, 6) is -2.27. The highest BCUT2D eigenvalue weighted by Crippen LogP contribution is 2.20. The van der Waals surface area contributed by atoms with E-state index in [0.717, 1.165) is 18.2 Å². The fourth-order valence-corrected chi connectivity index (χ4v) is 1.54. The molecule has 98 valence electrons. The fourth-order valence-electron chi connectivity index (χ4n) is 1.54. The molecular weight excluding hydrogens is 256 g/mol. The Labute approximate surface area is 107 Å². The lowest BCUT2D eigenvalue weighted by Gasteiger charge is -2.05. The molecule has 0 aliphatic heterocycles. The van der Waals surface area contributed by atoms with Crippen LogP contribution in [0.3, 0.4) is 0 Å². The van der Waals surface area contributed by atoms with Gasteiger partial charge in [0.05, 0.1) is 5.56 Å². The van der Waals surface area contributed by atoms with Crippen molar-refractivity contribution in [2.45, 2.75) is 13.3 Å². The van der Waals surface area contributed by atoms with Gasteiger partial charge in [0, 0.05) is 0 Å². The van der Waals surface area contributed by atoms with E-state index in [1.165, 1.54) is 6.92 Å². The third-order valence-electron chi connectivity index (χ3n) is 2.27. The number of hydrogen-bond acceptors (Lipinski definition) is 4. The Morgan fingerprint density at radius 1 is 1.26 bits per heavy atom. The van der Waals surface area contributed by atoms with Crippen LogP contribution < -0.4 is 0 Å². The maximum absolute atomic E-state index is 13.6. The van der Waals surface area contributed by atoms with E-state index in [0.29, 0.717) is 0 Å². The number of carboxylic acid groups (broad SMARTS) is 1. The molecule has 0 bridgehead atoms. The monoisotopic (exact) mass is 265 g/mol. The summed E-state index contributed by atoms with van der Waals surface area (Å²) in [6.07, 6.45) is -0.409. The minimum Gasteiger partial charge on any atom is -0.481 e. The van der Waals surface area contributed by atoms with Crippen molar-refractivity contribution in [2.75, 3.05) is 0 Å². The summed E-state index contributed by atoms with van der Waals surface area (Å²) in [5, 5.41) is 8.68. The first-order chi connectivity index (χ1) is 8.95. The second-order valence-electron chi connectivity index (χ2n) is 3.82. The molecule has 2 rings (SSSR count). The number of hydrogen-bond donors (Lipinski definition) is 1. The summed E-state index contributed by atoms with van der Waals surface area (Å²) in [4.78, 5) is 22.2. The number of nitrogens with zero attached hydrogens (tertiary/aromatic N) is 3. The maximum atomic E-state index is 13.6. The Balaban J connectivity index is 2.52. The third-order valence-corrected chi connectivity index (χ3v) is 2.27. The zero-order valence-corrected chi connectivity index (χ0v) is 9.89. The van der Waals surface area contributed by atoms with Crippen LogP contribution in [0.4, 0.5) is 8.78 Å². The molecule has 5 nitrogen and oxygen atoms in total. The molecule has 0 saturated heterocycles. The van der Waals surface area contributed by atoms with Crippen molar-refractivity contribution >= 4 is 5.97 Å². The van der Waals surface area contributed by atoms with Crippen LogP contribution in [0, 0.1) is 18.6 Å². The highest BCUT2D eigenvalue weighted by atomic mass is 19.1. The first-order valence-corrected chi connectivity index (χ1v) is 5.34. The fraction of sp³-hybridized carbons (Fsp3) is 0.167. The normalized spacial score (nSPS) is 10.5. The quantitative estimate of drug-likeness (QED) is 0.915. The molecular formula is C12H9F2N3O2. The summed E-state index contributed by atoms with van der Waals surface area (Å²) in [6.45, 7) is 1.52. The molecule has 0 aliphatic rings. The average Bonchev–Trinajstić information content (AvgIpc) is 2.30. The van der Waals surface area contributed by atoms with Crippen molar-refractivity contribution in [3.8, 4) is 11.4 Å².